The molecule has 6 rings (SSSR count). The summed E-state index contributed by atoms with van der Waals surface area (Å²) in [5.41, 5.74) is 6.27. The van der Waals surface area contributed by atoms with Crippen LogP contribution in [0.4, 0.5) is 10.1 Å². The molecule has 0 aromatic heterocycles. The van der Waals surface area contributed by atoms with Gasteiger partial charge in [0.25, 0.3) is 0 Å². The SMILES string of the molecule is CN1CCN(c2ccc(Cc3ccc([C@H]4C[C@@H](OCc5ccccc5)[I-][C@@H](COCc5ccccc5)O4)c(F)c3)cc2)CC1. The van der Waals surface area contributed by atoms with E-state index in [9.17, 15) is 0 Å². The molecule has 4 aromatic rings. The molecule has 0 unspecified atom stereocenters. The zero-order chi connectivity index (χ0) is 30.1. The van der Waals surface area contributed by atoms with Crippen molar-refractivity contribution in [1.29, 1.82) is 0 Å². The molecule has 2 aliphatic heterocycles. The largest absolute Gasteiger partial charge is 0.0306 e. The molecule has 3 atom stereocenters. The summed E-state index contributed by atoms with van der Waals surface area (Å²) in [5, 5.41) is 0. The Labute approximate surface area is 271 Å². The molecule has 0 amide bonds. The Morgan fingerprint density at radius 2 is 1.43 bits per heavy atom. The molecule has 2 heterocycles. The maximum Gasteiger partial charge on any atom is 0.0306 e. The van der Waals surface area contributed by atoms with Crippen LogP contribution in [0.15, 0.2) is 103 Å². The molecule has 7 heteroatoms. The molecule has 0 N–H and O–H groups in total. The second-order valence-electron chi connectivity index (χ2n) is 11.6. The van der Waals surface area contributed by atoms with Gasteiger partial charge in [0.05, 0.1) is 0 Å². The van der Waals surface area contributed by atoms with Gasteiger partial charge in [-0.3, -0.25) is 0 Å². The van der Waals surface area contributed by atoms with Crippen molar-refractivity contribution in [3.8, 4) is 0 Å². The fourth-order valence-corrected chi connectivity index (χ4v) is 8.71. The van der Waals surface area contributed by atoms with Crippen molar-refractivity contribution in [1.82, 2.24) is 4.90 Å². The first-order valence-electron chi connectivity index (χ1n) is 15.4. The molecule has 2 saturated heterocycles. The van der Waals surface area contributed by atoms with Crippen LogP contribution in [0.5, 0.6) is 0 Å². The summed E-state index contributed by atoms with van der Waals surface area (Å²) in [7, 11) is 2.17. The van der Waals surface area contributed by atoms with Crippen molar-refractivity contribution in [2.75, 3.05) is 44.7 Å². The van der Waals surface area contributed by atoms with Gasteiger partial charge in [-0.1, -0.05) is 0 Å². The number of likely N-dealkylation sites (N-methyl/N-ethyl adjacent to an activating group) is 1. The fourth-order valence-electron chi connectivity index (χ4n) is 5.69. The summed E-state index contributed by atoms with van der Waals surface area (Å²) in [6, 6.07) is 34.7. The van der Waals surface area contributed by atoms with Crippen molar-refractivity contribution in [2.45, 2.75) is 40.4 Å². The van der Waals surface area contributed by atoms with Gasteiger partial charge in [0, 0.05) is 26.2 Å². The molecule has 0 saturated carbocycles. The van der Waals surface area contributed by atoms with E-state index in [1.54, 1.807) is 6.07 Å². The molecule has 0 bridgehead atoms. The van der Waals surface area contributed by atoms with Gasteiger partial charge in [-0.2, -0.15) is 0 Å². The van der Waals surface area contributed by atoms with Gasteiger partial charge in [0.15, 0.2) is 0 Å². The number of alkyl halides is 2. The number of hydrogen-bond acceptors (Lipinski definition) is 5. The number of ether oxygens (including phenoxy) is 3. The van der Waals surface area contributed by atoms with Crippen molar-refractivity contribution in [3.63, 3.8) is 0 Å². The van der Waals surface area contributed by atoms with E-state index < -0.39 is 21.2 Å². The Morgan fingerprint density at radius 3 is 2.11 bits per heavy atom. The van der Waals surface area contributed by atoms with Gasteiger partial charge >= 0.3 is 229 Å². The second kappa shape index (κ2) is 15.5. The summed E-state index contributed by atoms with van der Waals surface area (Å²) in [4.78, 5) is 4.79. The normalized spacial score (nSPS) is 21.1. The molecular weight excluding hydrogens is 666 g/mol. The van der Waals surface area contributed by atoms with E-state index in [0.29, 0.717) is 38.2 Å². The van der Waals surface area contributed by atoms with Crippen LogP contribution in [0.2, 0.25) is 0 Å². The zero-order valence-electron chi connectivity index (χ0n) is 25.3. The van der Waals surface area contributed by atoms with E-state index in [1.165, 1.54) is 11.3 Å². The van der Waals surface area contributed by atoms with E-state index in [4.69, 9.17) is 14.2 Å². The van der Waals surface area contributed by atoms with E-state index in [-0.39, 0.29) is 20.1 Å². The third-order valence-electron chi connectivity index (χ3n) is 8.25. The topological polar surface area (TPSA) is 34.2 Å². The first-order valence-corrected chi connectivity index (χ1v) is 17.9. The van der Waals surface area contributed by atoms with Crippen molar-refractivity contribution in [3.05, 3.63) is 137 Å². The first kappa shape index (κ1) is 31.2. The maximum atomic E-state index is 15.7. The van der Waals surface area contributed by atoms with Gasteiger partial charge < -0.3 is 9.80 Å². The Morgan fingerprint density at radius 1 is 0.773 bits per heavy atom. The average molecular weight is 708 g/mol. The third kappa shape index (κ3) is 8.67. The predicted octanol–water partition coefficient (Wildman–Crippen LogP) is 3.80. The number of halogens is 2. The number of piperazine rings is 1. The molecule has 232 valence electrons. The van der Waals surface area contributed by atoms with Gasteiger partial charge in [0.2, 0.25) is 0 Å². The van der Waals surface area contributed by atoms with Crippen LogP contribution in [0.3, 0.4) is 0 Å². The van der Waals surface area contributed by atoms with Crippen LogP contribution in [-0.2, 0) is 33.8 Å². The average Bonchev–Trinajstić information content (AvgIpc) is 3.06. The maximum absolute atomic E-state index is 15.7. The van der Waals surface area contributed by atoms with Crippen LogP contribution in [0.25, 0.3) is 0 Å². The molecule has 4 aromatic carbocycles. The zero-order valence-corrected chi connectivity index (χ0v) is 27.4. The summed E-state index contributed by atoms with van der Waals surface area (Å²) < 4.78 is 34.7. The van der Waals surface area contributed by atoms with Gasteiger partial charge in [0.1, 0.15) is 0 Å². The number of nitrogens with zero attached hydrogens (tertiary/aromatic N) is 2. The van der Waals surface area contributed by atoms with E-state index in [2.05, 4.69) is 65.4 Å². The summed E-state index contributed by atoms with van der Waals surface area (Å²) >= 11 is -0.476. The standard InChI is InChI=1S/C37H41FIN2O3/c1-40-18-20-41(21-19-40)32-15-12-28(13-16-32)22-31-14-17-33(34(38)23-31)35-24-36(43-26-30-10-6-3-7-11-30)39-37(44-35)27-42-25-29-8-4-2-5-9-29/h2-17,23,35-37H,18-22,24-27H2,1H3/q-1/t35-,36-,37-/m1/s1. The van der Waals surface area contributed by atoms with Crippen LogP contribution in [0.1, 0.15) is 40.3 Å². The van der Waals surface area contributed by atoms with Crippen molar-refractivity contribution >= 4 is 5.69 Å². The monoisotopic (exact) mass is 707 g/mol. The van der Waals surface area contributed by atoms with Gasteiger partial charge in [-0.15, -0.1) is 0 Å². The van der Waals surface area contributed by atoms with Crippen LogP contribution in [0, 0.1) is 5.82 Å². The Hall–Kier alpha value is -2.82. The predicted molar refractivity (Wildman–Crippen MR) is 169 cm³/mol. The minimum atomic E-state index is -0.476. The molecule has 0 aliphatic carbocycles. The fraction of sp³-hybridized carbons (Fsp3) is 0.351. The first-order chi connectivity index (χ1) is 21.6. The molecule has 2 aliphatic rings. The van der Waals surface area contributed by atoms with Crippen LogP contribution < -0.4 is 26.1 Å². The van der Waals surface area contributed by atoms with Crippen molar-refractivity contribution in [2.24, 2.45) is 0 Å². The van der Waals surface area contributed by atoms with Gasteiger partial charge in [-0.25, -0.2) is 0 Å². The minimum Gasteiger partial charge on any atom is 0.0155 e. The summed E-state index contributed by atoms with van der Waals surface area (Å²) in [5.74, 6) is -0.215. The van der Waals surface area contributed by atoms with E-state index >= 15 is 4.39 Å². The number of rotatable bonds is 11. The number of benzene rings is 4. The smallest absolute Gasteiger partial charge is 0.0155 e. The summed E-state index contributed by atoms with van der Waals surface area (Å²) in [6.07, 6.45) is 0.974. The van der Waals surface area contributed by atoms with Gasteiger partial charge in [-0.05, 0) is 7.05 Å². The Balaban J connectivity index is 1.10. The van der Waals surface area contributed by atoms with Crippen molar-refractivity contribution < 1.29 is 39.8 Å². The molecular formula is C37H41FIN2O3-. The molecule has 2 fully saturated rings. The summed E-state index contributed by atoms with van der Waals surface area (Å²) in [6.45, 7) is 5.82. The number of anilines is 1. The molecule has 0 spiro atoms. The Kier molecular flexibility index (Phi) is 10.9. The number of hydrogen-bond donors (Lipinski definition) is 0. The van der Waals surface area contributed by atoms with Crippen LogP contribution in [-0.4, -0.2) is 53.0 Å². The van der Waals surface area contributed by atoms with Crippen LogP contribution >= 0.6 is 0 Å². The van der Waals surface area contributed by atoms with E-state index in [1.807, 2.05) is 48.5 Å². The quantitative estimate of drug-likeness (QED) is 0.175. The molecule has 5 nitrogen and oxygen atoms in total. The molecule has 0 radical (unpaired) electrons. The van der Waals surface area contributed by atoms with E-state index in [0.717, 1.165) is 42.9 Å². The second-order valence-corrected chi connectivity index (χ2v) is 15.1. The Bertz CT molecular complexity index is 1450. The minimum absolute atomic E-state index is 0.0518. The third-order valence-corrected chi connectivity index (χ3v) is 11.4. The molecule has 44 heavy (non-hydrogen) atoms.